The fourth-order valence-electron chi connectivity index (χ4n) is 2.62. The Morgan fingerprint density at radius 1 is 1.30 bits per heavy atom. The van der Waals surface area contributed by atoms with Crippen LogP contribution in [0.3, 0.4) is 0 Å². The number of carbonyl (C=O) groups excluding carboxylic acids is 1. The second-order valence-electron chi connectivity index (χ2n) is 6.41. The zero-order valence-electron chi connectivity index (χ0n) is 14.9. The number of carbonyl (C=O) groups is 1. The number of rotatable bonds is 4. The first kappa shape index (κ1) is 19.2. The molecule has 7 nitrogen and oxygen atoms in total. The maximum Gasteiger partial charge on any atom is 0.471 e. The van der Waals surface area contributed by atoms with Gasteiger partial charge >= 0.3 is 18.1 Å². The summed E-state index contributed by atoms with van der Waals surface area (Å²) in [6.07, 6.45) is -3.88. The summed E-state index contributed by atoms with van der Waals surface area (Å²) in [7, 11) is 0. The predicted octanol–water partition coefficient (Wildman–Crippen LogP) is 3.72. The summed E-state index contributed by atoms with van der Waals surface area (Å²) in [5.74, 6) is -1.53. The number of aromatic nitrogens is 2. The molecule has 2 aromatic rings. The van der Waals surface area contributed by atoms with E-state index in [1.165, 1.54) is 5.06 Å². The molecule has 0 saturated carbocycles. The summed E-state index contributed by atoms with van der Waals surface area (Å²) in [6, 6.07) is 6.36. The first-order valence-electron chi connectivity index (χ1n) is 8.47. The molecule has 0 bridgehead atoms. The largest absolute Gasteiger partial charge is 0.471 e. The maximum atomic E-state index is 12.6. The van der Waals surface area contributed by atoms with Crippen LogP contribution in [-0.4, -0.2) is 45.3 Å². The number of hydrogen-bond donors (Lipinski definition) is 0. The molecule has 1 fully saturated rings. The van der Waals surface area contributed by atoms with Gasteiger partial charge in [0, 0.05) is 18.2 Å². The van der Waals surface area contributed by atoms with Gasteiger partial charge in [0.1, 0.15) is 0 Å². The number of benzene rings is 1. The van der Waals surface area contributed by atoms with Crippen LogP contribution >= 0.6 is 0 Å². The van der Waals surface area contributed by atoms with E-state index in [2.05, 4.69) is 14.7 Å². The lowest BCUT2D eigenvalue weighted by Gasteiger charge is -2.30. The Kier molecular flexibility index (Phi) is 5.36. The number of nitrogens with zero attached hydrogens (tertiary/aromatic N) is 4. The number of hydroxylamine groups is 2. The molecule has 1 saturated heterocycles. The molecule has 1 aliphatic rings. The summed E-state index contributed by atoms with van der Waals surface area (Å²) >= 11 is 0. The minimum atomic E-state index is -4.68. The lowest BCUT2D eigenvalue weighted by atomic mass is 10.1. The van der Waals surface area contributed by atoms with E-state index < -0.39 is 12.1 Å². The maximum absolute atomic E-state index is 12.6. The lowest BCUT2D eigenvalue weighted by molar-refractivity contribution is -0.159. The van der Waals surface area contributed by atoms with Crippen molar-refractivity contribution in [2.75, 3.05) is 13.2 Å². The number of halogens is 3. The first-order valence-corrected chi connectivity index (χ1v) is 8.47. The van der Waals surface area contributed by atoms with Crippen LogP contribution in [-0.2, 0) is 17.6 Å². The molecular weight excluding hydrogens is 365 g/mol. The Hall–Kier alpha value is -2.62. The van der Waals surface area contributed by atoms with Gasteiger partial charge in [0.2, 0.25) is 5.82 Å². The van der Waals surface area contributed by atoms with Crippen molar-refractivity contribution >= 4 is 6.03 Å². The van der Waals surface area contributed by atoms with Gasteiger partial charge in [0.15, 0.2) is 0 Å². The third kappa shape index (κ3) is 4.38. The topological polar surface area (TPSA) is 71.7 Å². The zero-order chi connectivity index (χ0) is 19.6. The van der Waals surface area contributed by atoms with Crippen molar-refractivity contribution in [3.63, 3.8) is 0 Å². The van der Waals surface area contributed by atoms with E-state index >= 15 is 0 Å². The summed E-state index contributed by atoms with van der Waals surface area (Å²) in [4.78, 5) is 22.9. The van der Waals surface area contributed by atoms with Gasteiger partial charge in [-0.25, -0.2) is 9.86 Å². The third-order valence-corrected chi connectivity index (χ3v) is 4.07. The molecule has 0 aliphatic carbocycles. The fraction of sp³-hybridized carbons (Fsp3) is 0.471. The molecule has 1 aliphatic heterocycles. The number of amides is 2. The average molecular weight is 384 g/mol. The van der Waals surface area contributed by atoms with E-state index in [4.69, 9.17) is 4.84 Å². The quantitative estimate of drug-likeness (QED) is 0.803. The van der Waals surface area contributed by atoms with Crippen LogP contribution in [0, 0.1) is 0 Å². The number of hydrogen-bond acceptors (Lipinski definition) is 5. The van der Waals surface area contributed by atoms with E-state index in [0.717, 1.165) is 12.0 Å². The van der Waals surface area contributed by atoms with Gasteiger partial charge in [-0.05, 0) is 25.8 Å². The second-order valence-corrected chi connectivity index (χ2v) is 6.41. The van der Waals surface area contributed by atoms with Gasteiger partial charge < -0.3 is 9.42 Å². The van der Waals surface area contributed by atoms with Crippen LogP contribution in [0.25, 0.3) is 11.4 Å². The highest BCUT2D eigenvalue weighted by atomic mass is 19.4. The van der Waals surface area contributed by atoms with E-state index in [0.29, 0.717) is 25.3 Å². The molecule has 0 N–H and O–H groups in total. The van der Waals surface area contributed by atoms with Crippen molar-refractivity contribution in [2.45, 2.75) is 39.0 Å². The van der Waals surface area contributed by atoms with Gasteiger partial charge in [-0.15, -0.1) is 0 Å². The van der Waals surface area contributed by atoms with Gasteiger partial charge in [0.05, 0.1) is 13.2 Å². The summed E-state index contributed by atoms with van der Waals surface area (Å²) in [6.45, 7) is 5.23. The summed E-state index contributed by atoms with van der Waals surface area (Å²) < 4.78 is 41.9. The molecule has 1 aromatic heterocycles. The third-order valence-electron chi connectivity index (χ3n) is 4.07. The second kappa shape index (κ2) is 7.55. The molecule has 3 rings (SSSR count). The highest BCUT2D eigenvalue weighted by Crippen LogP contribution is 2.29. The van der Waals surface area contributed by atoms with Crippen molar-refractivity contribution in [1.29, 1.82) is 0 Å². The molecule has 0 radical (unpaired) electrons. The van der Waals surface area contributed by atoms with Crippen molar-refractivity contribution in [3.8, 4) is 11.4 Å². The van der Waals surface area contributed by atoms with Gasteiger partial charge in [-0.2, -0.15) is 18.2 Å². The Bertz CT molecular complexity index is 783. The van der Waals surface area contributed by atoms with E-state index in [9.17, 15) is 18.0 Å². The molecule has 10 heteroatoms. The van der Waals surface area contributed by atoms with E-state index in [-0.39, 0.29) is 17.9 Å². The Morgan fingerprint density at radius 2 is 2.00 bits per heavy atom. The summed E-state index contributed by atoms with van der Waals surface area (Å²) in [5.41, 5.74) is 1.21. The fourth-order valence-corrected chi connectivity index (χ4v) is 2.62. The van der Waals surface area contributed by atoms with Crippen molar-refractivity contribution in [2.24, 2.45) is 0 Å². The van der Waals surface area contributed by atoms with Crippen molar-refractivity contribution in [1.82, 2.24) is 20.1 Å². The summed E-state index contributed by atoms with van der Waals surface area (Å²) in [5, 5.41) is 4.71. The molecule has 0 spiro atoms. The molecule has 2 heterocycles. The minimum absolute atomic E-state index is 0.0482. The van der Waals surface area contributed by atoms with E-state index in [1.54, 1.807) is 29.2 Å². The Labute approximate surface area is 153 Å². The first-order chi connectivity index (χ1) is 12.8. The number of alkyl halides is 3. The molecule has 146 valence electrons. The lowest BCUT2D eigenvalue weighted by Crippen LogP contribution is -2.44. The molecule has 0 unspecified atom stereocenters. The van der Waals surface area contributed by atoms with E-state index in [1.807, 2.05) is 13.8 Å². The standard InChI is InChI=1S/C17H19F3N4O3/c1-11(2)23(16(25)24-8-3-9-26-24)10-12-4-6-13(7-5-12)14-21-15(27-22-14)17(18,19)20/h4-7,11H,3,8-10H2,1-2H3. The molecule has 1 aromatic carbocycles. The molecule has 2 amide bonds. The zero-order valence-corrected chi connectivity index (χ0v) is 14.9. The highest BCUT2D eigenvalue weighted by Gasteiger charge is 2.38. The van der Waals surface area contributed by atoms with Crippen LogP contribution in [0.15, 0.2) is 28.8 Å². The van der Waals surface area contributed by atoms with Crippen LogP contribution < -0.4 is 0 Å². The Morgan fingerprint density at radius 3 is 2.52 bits per heavy atom. The van der Waals surface area contributed by atoms with Gasteiger partial charge in [0.25, 0.3) is 0 Å². The van der Waals surface area contributed by atoms with Gasteiger partial charge in [-0.1, -0.05) is 29.4 Å². The van der Waals surface area contributed by atoms with Crippen molar-refractivity contribution in [3.05, 3.63) is 35.7 Å². The monoisotopic (exact) mass is 384 g/mol. The van der Waals surface area contributed by atoms with Gasteiger partial charge in [-0.3, -0.25) is 4.84 Å². The van der Waals surface area contributed by atoms with Crippen LogP contribution in [0.2, 0.25) is 0 Å². The van der Waals surface area contributed by atoms with Crippen molar-refractivity contribution < 1.29 is 27.3 Å². The average Bonchev–Trinajstić information content (AvgIpc) is 3.30. The minimum Gasteiger partial charge on any atom is -0.329 e. The predicted molar refractivity (Wildman–Crippen MR) is 88.1 cm³/mol. The number of urea groups is 1. The normalized spacial score (nSPS) is 14.8. The molecular formula is C17H19F3N4O3. The Balaban J connectivity index is 1.72. The molecule has 27 heavy (non-hydrogen) atoms. The van der Waals surface area contributed by atoms with Crippen LogP contribution in [0.5, 0.6) is 0 Å². The smallest absolute Gasteiger partial charge is 0.329 e. The van der Waals surface area contributed by atoms with Crippen LogP contribution in [0.4, 0.5) is 18.0 Å². The molecule has 0 atom stereocenters. The SMILES string of the molecule is CC(C)N(Cc1ccc(-c2noc(C(F)(F)F)n2)cc1)C(=O)N1CCCO1. The highest BCUT2D eigenvalue weighted by molar-refractivity contribution is 5.74. The van der Waals surface area contributed by atoms with Crippen LogP contribution in [0.1, 0.15) is 31.7 Å².